The van der Waals surface area contributed by atoms with E-state index in [1.807, 2.05) is 0 Å². The van der Waals surface area contributed by atoms with E-state index in [-0.39, 0.29) is 23.8 Å². The Morgan fingerprint density at radius 1 is 1.42 bits per heavy atom. The van der Waals surface area contributed by atoms with Gasteiger partial charge in [-0.3, -0.25) is 4.79 Å². The zero-order chi connectivity index (χ0) is 14.4. The third-order valence-corrected chi connectivity index (χ3v) is 2.42. The van der Waals surface area contributed by atoms with Gasteiger partial charge >= 0.3 is 5.97 Å². The number of hydrogen-bond acceptors (Lipinski definition) is 5. The van der Waals surface area contributed by atoms with E-state index in [1.165, 1.54) is 19.2 Å². The van der Waals surface area contributed by atoms with E-state index in [4.69, 9.17) is 15.2 Å². The molecule has 19 heavy (non-hydrogen) atoms. The number of nitrogens with one attached hydrogen (secondary N) is 1. The maximum Gasteiger partial charge on any atom is 0.341 e. The van der Waals surface area contributed by atoms with Crippen molar-refractivity contribution >= 4 is 17.6 Å². The van der Waals surface area contributed by atoms with Crippen molar-refractivity contribution in [2.24, 2.45) is 0 Å². The normalized spacial score (nSPS) is 11.5. The van der Waals surface area contributed by atoms with Gasteiger partial charge in [0.1, 0.15) is 11.3 Å². The lowest BCUT2D eigenvalue weighted by atomic mass is 10.2. The Morgan fingerprint density at radius 3 is 2.68 bits per heavy atom. The minimum atomic E-state index is -0.736. The van der Waals surface area contributed by atoms with E-state index in [0.29, 0.717) is 5.69 Å². The Morgan fingerprint density at radius 2 is 2.11 bits per heavy atom. The van der Waals surface area contributed by atoms with Crippen molar-refractivity contribution in [2.75, 3.05) is 19.4 Å². The van der Waals surface area contributed by atoms with Gasteiger partial charge < -0.3 is 20.5 Å². The Labute approximate surface area is 111 Å². The smallest absolute Gasteiger partial charge is 0.341 e. The minimum Gasteiger partial charge on any atom is -0.480 e. The zero-order valence-electron chi connectivity index (χ0n) is 11.2. The number of esters is 1. The van der Waals surface area contributed by atoms with E-state index in [9.17, 15) is 9.59 Å². The highest BCUT2D eigenvalue weighted by molar-refractivity contribution is 5.93. The second-order valence-electron chi connectivity index (χ2n) is 3.85. The highest BCUT2D eigenvalue weighted by Gasteiger charge is 2.19. The summed E-state index contributed by atoms with van der Waals surface area (Å²) in [4.78, 5) is 23.2. The summed E-state index contributed by atoms with van der Waals surface area (Å²) in [6.07, 6.45) is -0.736. The van der Waals surface area contributed by atoms with Gasteiger partial charge in [0.2, 0.25) is 0 Å². The van der Waals surface area contributed by atoms with Crippen LogP contribution in [-0.2, 0) is 9.53 Å². The molecule has 6 nitrogen and oxygen atoms in total. The summed E-state index contributed by atoms with van der Waals surface area (Å²) in [7, 11) is 1.51. The summed E-state index contributed by atoms with van der Waals surface area (Å²) < 4.78 is 10.4. The molecule has 1 unspecified atom stereocenters. The number of anilines is 1. The standard InChI is InChI=1S/C13H18N2O4/c1-4-18-13(17)10-6-5-9(14)7-11(10)19-8(2)12(16)15-3/h5-8H,4,14H2,1-3H3,(H,15,16). The molecule has 1 aromatic carbocycles. The summed E-state index contributed by atoms with van der Waals surface area (Å²) >= 11 is 0. The van der Waals surface area contributed by atoms with Gasteiger partial charge in [-0.05, 0) is 26.0 Å². The van der Waals surface area contributed by atoms with Crippen LogP contribution in [0.2, 0.25) is 0 Å². The van der Waals surface area contributed by atoms with Gasteiger partial charge in [-0.25, -0.2) is 4.79 Å². The molecule has 6 heteroatoms. The lowest BCUT2D eigenvalue weighted by Gasteiger charge is -2.16. The maximum atomic E-state index is 11.8. The molecule has 0 aromatic heterocycles. The first-order chi connectivity index (χ1) is 8.99. The van der Waals surface area contributed by atoms with Crippen molar-refractivity contribution < 1.29 is 19.1 Å². The molecule has 0 aliphatic heterocycles. The van der Waals surface area contributed by atoms with Crippen molar-refractivity contribution in [3.8, 4) is 5.75 Å². The number of nitrogens with two attached hydrogens (primary N) is 1. The van der Waals surface area contributed by atoms with Crippen LogP contribution in [0.5, 0.6) is 5.75 Å². The molecular formula is C13H18N2O4. The average Bonchev–Trinajstić information content (AvgIpc) is 2.38. The highest BCUT2D eigenvalue weighted by Crippen LogP contribution is 2.24. The van der Waals surface area contributed by atoms with Gasteiger partial charge in [-0.2, -0.15) is 0 Å². The molecule has 104 valence electrons. The van der Waals surface area contributed by atoms with Crippen molar-refractivity contribution in [3.05, 3.63) is 23.8 Å². The number of ether oxygens (including phenoxy) is 2. The number of likely N-dealkylation sites (N-methyl/N-ethyl adjacent to an activating group) is 1. The van der Waals surface area contributed by atoms with Crippen LogP contribution < -0.4 is 15.8 Å². The highest BCUT2D eigenvalue weighted by atomic mass is 16.5. The molecule has 3 N–H and O–H groups in total. The number of rotatable bonds is 5. The van der Waals surface area contributed by atoms with Gasteiger partial charge in [-0.1, -0.05) is 0 Å². The van der Waals surface area contributed by atoms with Crippen molar-refractivity contribution in [2.45, 2.75) is 20.0 Å². The van der Waals surface area contributed by atoms with Gasteiger partial charge in [0.15, 0.2) is 6.10 Å². The topological polar surface area (TPSA) is 90.7 Å². The van der Waals surface area contributed by atoms with Gasteiger partial charge in [0.05, 0.1) is 6.61 Å². The lowest BCUT2D eigenvalue weighted by molar-refractivity contribution is -0.126. The van der Waals surface area contributed by atoms with Crippen molar-refractivity contribution in [1.29, 1.82) is 0 Å². The number of nitrogen functional groups attached to an aromatic ring is 1. The summed E-state index contributed by atoms with van der Waals surface area (Å²) in [6, 6.07) is 4.58. The molecule has 1 amide bonds. The number of amides is 1. The van der Waals surface area contributed by atoms with Crippen LogP contribution in [0, 0.1) is 0 Å². The Bertz CT molecular complexity index is 474. The summed E-state index contributed by atoms with van der Waals surface area (Å²) in [5, 5.41) is 2.46. The molecule has 0 spiro atoms. The molecule has 0 saturated carbocycles. The zero-order valence-corrected chi connectivity index (χ0v) is 11.2. The van der Waals surface area contributed by atoms with Crippen LogP contribution in [0.4, 0.5) is 5.69 Å². The number of carbonyl (C=O) groups is 2. The Kier molecular flexibility index (Phi) is 5.17. The summed E-state index contributed by atoms with van der Waals surface area (Å²) in [5.74, 6) is -0.576. The van der Waals surface area contributed by atoms with E-state index in [0.717, 1.165) is 0 Å². The van der Waals surface area contributed by atoms with Crippen molar-refractivity contribution in [1.82, 2.24) is 5.32 Å². The third-order valence-electron chi connectivity index (χ3n) is 2.42. The SMILES string of the molecule is CCOC(=O)c1ccc(N)cc1OC(C)C(=O)NC. The van der Waals surface area contributed by atoms with Crippen molar-refractivity contribution in [3.63, 3.8) is 0 Å². The summed E-state index contributed by atoms with van der Waals surface area (Å²) in [6.45, 7) is 3.55. The second kappa shape index (κ2) is 6.63. The largest absolute Gasteiger partial charge is 0.480 e. The second-order valence-corrected chi connectivity index (χ2v) is 3.85. The van der Waals surface area contributed by atoms with Gasteiger partial charge in [0.25, 0.3) is 5.91 Å². The van der Waals surface area contributed by atoms with E-state index in [2.05, 4.69) is 5.32 Å². The van der Waals surface area contributed by atoms with E-state index in [1.54, 1.807) is 19.9 Å². The molecule has 0 radical (unpaired) electrons. The monoisotopic (exact) mass is 266 g/mol. The molecule has 1 atom stereocenters. The molecule has 1 rings (SSSR count). The third kappa shape index (κ3) is 3.87. The number of benzene rings is 1. The lowest BCUT2D eigenvalue weighted by Crippen LogP contribution is -2.34. The quantitative estimate of drug-likeness (QED) is 0.612. The van der Waals surface area contributed by atoms with Crippen LogP contribution in [0.15, 0.2) is 18.2 Å². The molecular weight excluding hydrogens is 248 g/mol. The molecule has 0 aliphatic carbocycles. The Balaban J connectivity index is 3.00. The van der Waals surface area contributed by atoms with Gasteiger partial charge in [0, 0.05) is 18.8 Å². The number of hydrogen-bond donors (Lipinski definition) is 2. The minimum absolute atomic E-state index is 0.231. The fraction of sp³-hybridized carbons (Fsp3) is 0.385. The first-order valence-corrected chi connectivity index (χ1v) is 5.94. The molecule has 1 aromatic rings. The van der Waals surface area contributed by atoms with Crippen LogP contribution in [0.3, 0.4) is 0 Å². The van der Waals surface area contributed by atoms with Gasteiger partial charge in [-0.15, -0.1) is 0 Å². The van der Waals surface area contributed by atoms with Crippen LogP contribution >= 0.6 is 0 Å². The molecule has 0 heterocycles. The molecule has 0 bridgehead atoms. The predicted octanol–water partition coefficient (Wildman–Crippen LogP) is 0.959. The summed E-state index contributed by atoms with van der Waals surface area (Å²) in [5.41, 5.74) is 6.33. The van der Waals surface area contributed by atoms with E-state index < -0.39 is 12.1 Å². The average molecular weight is 266 g/mol. The van der Waals surface area contributed by atoms with E-state index >= 15 is 0 Å². The Hall–Kier alpha value is -2.24. The first-order valence-electron chi connectivity index (χ1n) is 5.94. The fourth-order valence-corrected chi connectivity index (χ4v) is 1.46. The maximum absolute atomic E-state index is 11.8. The van der Waals surface area contributed by atoms with Crippen LogP contribution in [-0.4, -0.2) is 31.6 Å². The molecule has 0 saturated heterocycles. The molecule has 0 fully saturated rings. The number of carbonyl (C=O) groups excluding carboxylic acids is 2. The van der Waals surface area contributed by atoms with Crippen LogP contribution in [0.25, 0.3) is 0 Å². The van der Waals surface area contributed by atoms with Crippen LogP contribution in [0.1, 0.15) is 24.2 Å². The fourth-order valence-electron chi connectivity index (χ4n) is 1.46. The predicted molar refractivity (Wildman–Crippen MR) is 71.0 cm³/mol. The first kappa shape index (κ1) is 14.8. The molecule has 0 aliphatic rings.